The van der Waals surface area contributed by atoms with Crippen LogP contribution in [0.4, 0.5) is 0 Å². The third kappa shape index (κ3) is 5.99. The van der Waals surface area contributed by atoms with E-state index in [0.717, 1.165) is 37.1 Å². The number of nitrogens with zero attached hydrogens (tertiary/aromatic N) is 1. The molecule has 160 valence electrons. The number of likely N-dealkylation sites (tertiary alicyclic amines) is 1. The molecule has 6 heteroatoms. The van der Waals surface area contributed by atoms with Gasteiger partial charge in [-0.1, -0.05) is 29.8 Å². The van der Waals surface area contributed by atoms with Gasteiger partial charge in [-0.05, 0) is 56.9 Å². The Balaban J connectivity index is 1.61. The first kappa shape index (κ1) is 21.7. The molecule has 0 bridgehead atoms. The Morgan fingerprint density at radius 2 is 1.80 bits per heavy atom. The van der Waals surface area contributed by atoms with Crippen LogP contribution in [0.1, 0.15) is 47.7 Å². The minimum Gasteiger partial charge on any atom is -0.490 e. The predicted molar refractivity (Wildman–Crippen MR) is 116 cm³/mol. The maximum absolute atomic E-state index is 12.6. The zero-order valence-corrected chi connectivity index (χ0v) is 17.8. The van der Waals surface area contributed by atoms with Crippen molar-refractivity contribution in [2.24, 2.45) is 0 Å². The molecule has 0 radical (unpaired) electrons. The van der Waals surface area contributed by atoms with Crippen LogP contribution in [0, 0.1) is 6.92 Å². The Morgan fingerprint density at radius 1 is 1.00 bits per heavy atom. The SMILES string of the molecule is CCOc1cc(C(=O)NCc2cccc(C)c2)ccc1OCC(=O)N1CCCCC1. The number of piperidine rings is 1. The summed E-state index contributed by atoms with van der Waals surface area (Å²) in [5.74, 6) is 0.732. The minimum atomic E-state index is -0.187. The van der Waals surface area contributed by atoms with Crippen molar-refractivity contribution in [1.29, 1.82) is 0 Å². The van der Waals surface area contributed by atoms with Crippen LogP contribution < -0.4 is 14.8 Å². The Kier molecular flexibility index (Phi) is 7.71. The average Bonchev–Trinajstić information content (AvgIpc) is 2.77. The summed E-state index contributed by atoms with van der Waals surface area (Å²) < 4.78 is 11.4. The molecule has 2 amide bonds. The first-order valence-corrected chi connectivity index (χ1v) is 10.6. The minimum absolute atomic E-state index is 0.0166. The molecule has 2 aromatic carbocycles. The first-order valence-electron chi connectivity index (χ1n) is 10.6. The first-order chi connectivity index (χ1) is 14.6. The number of hydrogen-bond donors (Lipinski definition) is 1. The smallest absolute Gasteiger partial charge is 0.260 e. The van der Waals surface area contributed by atoms with E-state index in [9.17, 15) is 9.59 Å². The van der Waals surface area contributed by atoms with Crippen LogP contribution in [0.5, 0.6) is 11.5 Å². The van der Waals surface area contributed by atoms with Gasteiger partial charge in [-0.15, -0.1) is 0 Å². The van der Waals surface area contributed by atoms with Crippen LogP contribution in [0.25, 0.3) is 0 Å². The fraction of sp³-hybridized carbons (Fsp3) is 0.417. The van der Waals surface area contributed by atoms with Crippen molar-refractivity contribution in [2.45, 2.75) is 39.7 Å². The summed E-state index contributed by atoms with van der Waals surface area (Å²) >= 11 is 0. The fourth-order valence-corrected chi connectivity index (χ4v) is 3.52. The highest BCUT2D eigenvalue weighted by Crippen LogP contribution is 2.29. The van der Waals surface area contributed by atoms with Crippen molar-refractivity contribution in [2.75, 3.05) is 26.3 Å². The lowest BCUT2D eigenvalue weighted by Gasteiger charge is -2.26. The van der Waals surface area contributed by atoms with Crippen LogP contribution >= 0.6 is 0 Å². The van der Waals surface area contributed by atoms with Gasteiger partial charge < -0.3 is 19.7 Å². The highest BCUT2D eigenvalue weighted by molar-refractivity contribution is 5.94. The van der Waals surface area contributed by atoms with Crippen LogP contribution in [0.15, 0.2) is 42.5 Å². The molecule has 0 unspecified atom stereocenters. The van der Waals surface area contributed by atoms with Gasteiger partial charge >= 0.3 is 0 Å². The van der Waals surface area contributed by atoms with Gasteiger partial charge in [-0.25, -0.2) is 0 Å². The second kappa shape index (κ2) is 10.7. The Morgan fingerprint density at radius 3 is 2.53 bits per heavy atom. The number of ether oxygens (including phenoxy) is 2. The van der Waals surface area contributed by atoms with E-state index in [1.54, 1.807) is 18.2 Å². The van der Waals surface area contributed by atoms with Crippen molar-refractivity contribution >= 4 is 11.8 Å². The van der Waals surface area contributed by atoms with E-state index in [1.807, 2.05) is 43.0 Å². The second-order valence-electron chi connectivity index (χ2n) is 7.50. The van der Waals surface area contributed by atoms with E-state index in [-0.39, 0.29) is 18.4 Å². The van der Waals surface area contributed by atoms with E-state index in [2.05, 4.69) is 5.32 Å². The molecule has 0 atom stereocenters. The number of carbonyl (C=O) groups is 2. The van der Waals surface area contributed by atoms with Gasteiger partial charge in [0.2, 0.25) is 0 Å². The zero-order chi connectivity index (χ0) is 21.3. The van der Waals surface area contributed by atoms with Crippen molar-refractivity contribution in [3.05, 3.63) is 59.2 Å². The molecule has 1 N–H and O–H groups in total. The molecule has 0 saturated carbocycles. The molecule has 1 aliphatic heterocycles. The summed E-state index contributed by atoms with van der Waals surface area (Å²) in [6.07, 6.45) is 3.26. The largest absolute Gasteiger partial charge is 0.490 e. The third-order valence-corrected chi connectivity index (χ3v) is 5.10. The van der Waals surface area contributed by atoms with Crippen molar-refractivity contribution < 1.29 is 19.1 Å². The molecule has 1 aliphatic rings. The van der Waals surface area contributed by atoms with E-state index < -0.39 is 0 Å². The fourth-order valence-electron chi connectivity index (χ4n) is 3.52. The summed E-state index contributed by atoms with van der Waals surface area (Å²) in [7, 11) is 0. The molecule has 0 spiro atoms. The number of hydrogen-bond acceptors (Lipinski definition) is 4. The molecule has 1 fully saturated rings. The lowest BCUT2D eigenvalue weighted by atomic mass is 10.1. The molecule has 0 aliphatic carbocycles. The van der Waals surface area contributed by atoms with Gasteiger partial charge in [0, 0.05) is 25.2 Å². The predicted octanol–water partition coefficient (Wildman–Crippen LogP) is 3.72. The van der Waals surface area contributed by atoms with Gasteiger partial charge in [0.25, 0.3) is 11.8 Å². The van der Waals surface area contributed by atoms with Crippen LogP contribution in [0.2, 0.25) is 0 Å². The normalized spacial score (nSPS) is 13.6. The van der Waals surface area contributed by atoms with Crippen LogP contribution in [-0.2, 0) is 11.3 Å². The Labute approximate surface area is 178 Å². The number of aryl methyl sites for hydroxylation is 1. The standard InChI is InChI=1S/C24H30N2O4/c1-3-29-22-15-20(24(28)25-16-19-9-7-8-18(2)14-19)10-11-21(22)30-17-23(27)26-12-5-4-6-13-26/h7-11,14-15H,3-6,12-13,16-17H2,1-2H3,(H,25,28). The topological polar surface area (TPSA) is 67.9 Å². The number of nitrogens with one attached hydrogen (secondary N) is 1. The molecule has 1 saturated heterocycles. The van der Waals surface area contributed by atoms with Crippen LogP contribution in [0.3, 0.4) is 0 Å². The monoisotopic (exact) mass is 410 g/mol. The molecule has 6 nitrogen and oxygen atoms in total. The zero-order valence-electron chi connectivity index (χ0n) is 17.8. The molecule has 2 aromatic rings. The lowest BCUT2D eigenvalue weighted by molar-refractivity contribution is -0.134. The summed E-state index contributed by atoms with van der Waals surface area (Å²) in [6, 6.07) is 13.1. The number of rotatable bonds is 8. The Hall–Kier alpha value is -3.02. The van der Waals surface area contributed by atoms with E-state index in [1.165, 1.54) is 6.42 Å². The van der Waals surface area contributed by atoms with E-state index in [4.69, 9.17) is 9.47 Å². The van der Waals surface area contributed by atoms with Crippen molar-refractivity contribution in [3.8, 4) is 11.5 Å². The third-order valence-electron chi connectivity index (χ3n) is 5.10. The van der Waals surface area contributed by atoms with Gasteiger partial charge in [0.1, 0.15) is 0 Å². The highest BCUT2D eigenvalue weighted by Gasteiger charge is 2.18. The number of amides is 2. The van der Waals surface area contributed by atoms with Crippen molar-refractivity contribution in [1.82, 2.24) is 10.2 Å². The second-order valence-corrected chi connectivity index (χ2v) is 7.50. The molecule has 3 rings (SSSR count). The number of benzene rings is 2. The van der Waals surface area contributed by atoms with Crippen LogP contribution in [-0.4, -0.2) is 43.0 Å². The molecule has 0 aromatic heterocycles. The van der Waals surface area contributed by atoms with Gasteiger partial charge in [-0.3, -0.25) is 9.59 Å². The van der Waals surface area contributed by atoms with E-state index >= 15 is 0 Å². The van der Waals surface area contributed by atoms with Gasteiger partial charge in [0.05, 0.1) is 6.61 Å². The van der Waals surface area contributed by atoms with E-state index in [0.29, 0.717) is 30.2 Å². The molecule has 1 heterocycles. The average molecular weight is 411 g/mol. The Bertz CT molecular complexity index is 875. The number of carbonyl (C=O) groups excluding carboxylic acids is 2. The molecule has 30 heavy (non-hydrogen) atoms. The lowest BCUT2D eigenvalue weighted by Crippen LogP contribution is -2.38. The quantitative estimate of drug-likeness (QED) is 0.720. The summed E-state index contributed by atoms with van der Waals surface area (Å²) in [5.41, 5.74) is 2.69. The summed E-state index contributed by atoms with van der Waals surface area (Å²) in [5, 5.41) is 2.93. The maximum atomic E-state index is 12.6. The molecular weight excluding hydrogens is 380 g/mol. The van der Waals surface area contributed by atoms with Crippen molar-refractivity contribution in [3.63, 3.8) is 0 Å². The summed E-state index contributed by atoms with van der Waals surface area (Å²) in [4.78, 5) is 26.8. The molecular formula is C24H30N2O4. The summed E-state index contributed by atoms with van der Waals surface area (Å²) in [6.45, 7) is 6.33. The van der Waals surface area contributed by atoms with Gasteiger partial charge in [-0.2, -0.15) is 0 Å². The maximum Gasteiger partial charge on any atom is 0.260 e. The van der Waals surface area contributed by atoms with Gasteiger partial charge in [0.15, 0.2) is 18.1 Å². The highest BCUT2D eigenvalue weighted by atomic mass is 16.5.